The molecule has 0 fully saturated rings. The van der Waals surface area contributed by atoms with Crippen molar-refractivity contribution in [1.82, 2.24) is 0 Å². The maximum atomic E-state index is 11.7. The molecule has 1 amide bonds. The molecule has 0 saturated heterocycles. The lowest BCUT2D eigenvalue weighted by atomic mass is 10.1. The predicted molar refractivity (Wildman–Crippen MR) is 75.4 cm³/mol. The largest absolute Gasteiger partial charge is 0.456 e. The minimum Gasteiger partial charge on any atom is -0.456 e. The Kier molecular flexibility index (Phi) is 5.90. The van der Waals surface area contributed by atoms with Crippen LogP contribution < -0.4 is 5.32 Å². The molecule has 20 heavy (non-hydrogen) atoms. The first-order valence-corrected chi connectivity index (χ1v) is 6.41. The summed E-state index contributed by atoms with van der Waals surface area (Å²) in [6.07, 6.45) is 0.142. The van der Waals surface area contributed by atoms with Crippen molar-refractivity contribution < 1.29 is 19.1 Å². The molecule has 1 rings (SSSR count). The van der Waals surface area contributed by atoms with Gasteiger partial charge in [0, 0.05) is 12.1 Å². The summed E-state index contributed by atoms with van der Waals surface area (Å²) in [7, 11) is 0. The Hall–Kier alpha value is -2.17. The van der Waals surface area contributed by atoms with Gasteiger partial charge in [-0.25, -0.2) is 0 Å². The number of esters is 1. The lowest BCUT2D eigenvalue weighted by Gasteiger charge is -2.11. The molecule has 0 unspecified atom stereocenters. The number of hydrogen-bond donors (Lipinski definition) is 1. The lowest BCUT2D eigenvalue weighted by molar-refractivity contribution is -0.148. The van der Waals surface area contributed by atoms with Crippen molar-refractivity contribution in [3.05, 3.63) is 29.3 Å². The number of Topliss-reactive ketones (excluding diaryl/α,β-unsaturated/α-hetero) is 1. The highest BCUT2D eigenvalue weighted by atomic mass is 16.5. The van der Waals surface area contributed by atoms with Crippen LogP contribution in [0.1, 0.15) is 30.9 Å². The molecule has 0 heterocycles. The highest BCUT2D eigenvalue weighted by Gasteiger charge is 2.10. The number of hydrogen-bond acceptors (Lipinski definition) is 4. The van der Waals surface area contributed by atoms with Crippen molar-refractivity contribution in [2.75, 3.05) is 11.9 Å². The first kappa shape index (κ1) is 15.9. The van der Waals surface area contributed by atoms with Crippen LogP contribution in [0, 0.1) is 13.8 Å². The topological polar surface area (TPSA) is 72.5 Å². The Labute approximate surface area is 118 Å². The molecule has 0 radical (unpaired) electrons. The number of nitrogens with one attached hydrogen (secondary N) is 1. The third-order valence-electron chi connectivity index (χ3n) is 2.79. The molecule has 0 spiro atoms. The zero-order chi connectivity index (χ0) is 15.1. The van der Waals surface area contributed by atoms with Gasteiger partial charge in [0.25, 0.3) is 5.91 Å². The summed E-state index contributed by atoms with van der Waals surface area (Å²) in [6, 6.07) is 5.69. The fourth-order valence-corrected chi connectivity index (χ4v) is 1.68. The van der Waals surface area contributed by atoms with Crippen molar-refractivity contribution >= 4 is 23.3 Å². The second-order valence-corrected chi connectivity index (χ2v) is 4.68. The fraction of sp³-hybridized carbons (Fsp3) is 0.400. The maximum absolute atomic E-state index is 11.7. The molecule has 0 saturated carbocycles. The van der Waals surface area contributed by atoms with Crippen molar-refractivity contribution in [2.45, 2.75) is 33.6 Å². The van der Waals surface area contributed by atoms with Gasteiger partial charge in [0.05, 0.1) is 6.42 Å². The van der Waals surface area contributed by atoms with E-state index in [1.54, 1.807) is 0 Å². The van der Waals surface area contributed by atoms with Crippen LogP contribution in [0.5, 0.6) is 0 Å². The van der Waals surface area contributed by atoms with E-state index in [-0.39, 0.29) is 25.2 Å². The second kappa shape index (κ2) is 7.43. The quantitative estimate of drug-likeness (QED) is 0.809. The Morgan fingerprint density at radius 2 is 1.70 bits per heavy atom. The van der Waals surface area contributed by atoms with E-state index < -0.39 is 11.9 Å². The van der Waals surface area contributed by atoms with Crippen LogP contribution in [-0.4, -0.2) is 24.3 Å². The minimum absolute atomic E-state index is 0.00596. The number of ether oxygens (including phenoxy) is 1. The van der Waals surface area contributed by atoms with Crippen molar-refractivity contribution in [1.29, 1.82) is 0 Å². The van der Waals surface area contributed by atoms with E-state index in [1.165, 1.54) is 6.92 Å². The first-order valence-electron chi connectivity index (χ1n) is 6.41. The summed E-state index contributed by atoms with van der Waals surface area (Å²) in [5.74, 6) is -1.02. The van der Waals surface area contributed by atoms with E-state index >= 15 is 0 Å². The number of rotatable bonds is 6. The van der Waals surface area contributed by atoms with Crippen molar-refractivity contribution in [3.63, 3.8) is 0 Å². The Balaban J connectivity index is 2.44. The number of para-hydroxylation sites is 1. The summed E-state index contributed by atoms with van der Waals surface area (Å²) >= 11 is 0. The van der Waals surface area contributed by atoms with E-state index in [9.17, 15) is 14.4 Å². The van der Waals surface area contributed by atoms with Gasteiger partial charge in [0.15, 0.2) is 6.61 Å². The van der Waals surface area contributed by atoms with Gasteiger partial charge in [0.2, 0.25) is 0 Å². The van der Waals surface area contributed by atoms with Crippen LogP contribution in [0.2, 0.25) is 0 Å². The summed E-state index contributed by atoms with van der Waals surface area (Å²) in [4.78, 5) is 33.7. The van der Waals surface area contributed by atoms with E-state index in [1.807, 2.05) is 32.0 Å². The van der Waals surface area contributed by atoms with E-state index in [2.05, 4.69) is 5.32 Å². The standard InChI is InChI=1S/C15H19NO4/c1-10-5-4-6-11(2)15(10)16-13(18)9-20-14(19)8-7-12(3)17/h4-6H,7-9H2,1-3H3,(H,16,18). The summed E-state index contributed by atoms with van der Waals surface area (Å²) in [6.45, 7) is 4.84. The lowest BCUT2D eigenvalue weighted by Crippen LogP contribution is -2.22. The van der Waals surface area contributed by atoms with Crippen LogP contribution >= 0.6 is 0 Å². The average molecular weight is 277 g/mol. The molecule has 1 N–H and O–H groups in total. The van der Waals surface area contributed by atoms with Gasteiger partial charge in [-0.05, 0) is 31.9 Å². The van der Waals surface area contributed by atoms with Crippen LogP contribution in [0.3, 0.4) is 0 Å². The van der Waals surface area contributed by atoms with Gasteiger partial charge < -0.3 is 14.8 Å². The monoisotopic (exact) mass is 277 g/mol. The average Bonchev–Trinajstić information content (AvgIpc) is 2.38. The third-order valence-corrected chi connectivity index (χ3v) is 2.79. The molecule has 0 aliphatic rings. The number of carbonyl (C=O) groups excluding carboxylic acids is 3. The van der Waals surface area contributed by atoms with Gasteiger partial charge in [0.1, 0.15) is 5.78 Å². The predicted octanol–water partition coefficient (Wildman–Crippen LogP) is 2.15. The van der Waals surface area contributed by atoms with Gasteiger partial charge in [-0.1, -0.05) is 18.2 Å². The van der Waals surface area contributed by atoms with Crippen LogP contribution in [0.4, 0.5) is 5.69 Å². The molecule has 5 heteroatoms. The molecule has 0 aliphatic carbocycles. The Morgan fingerprint density at radius 3 is 2.25 bits per heavy atom. The van der Waals surface area contributed by atoms with E-state index in [0.717, 1.165) is 16.8 Å². The normalized spacial score (nSPS) is 9.95. The molecule has 0 aromatic heterocycles. The van der Waals surface area contributed by atoms with Gasteiger partial charge >= 0.3 is 5.97 Å². The number of ketones is 1. The van der Waals surface area contributed by atoms with E-state index in [0.29, 0.717) is 0 Å². The number of amides is 1. The van der Waals surface area contributed by atoms with Crippen LogP contribution in [0.15, 0.2) is 18.2 Å². The SMILES string of the molecule is CC(=O)CCC(=O)OCC(=O)Nc1c(C)cccc1C. The maximum Gasteiger partial charge on any atom is 0.306 e. The van der Waals surface area contributed by atoms with Crippen LogP contribution in [-0.2, 0) is 19.1 Å². The summed E-state index contributed by atoms with van der Waals surface area (Å²) in [5.41, 5.74) is 2.62. The summed E-state index contributed by atoms with van der Waals surface area (Å²) < 4.78 is 4.80. The smallest absolute Gasteiger partial charge is 0.306 e. The van der Waals surface area contributed by atoms with Gasteiger partial charge in [-0.2, -0.15) is 0 Å². The molecule has 1 aromatic carbocycles. The minimum atomic E-state index is -0.545. The fourth-order valence-electron chi connectivity index (χ4n) is 1.68. The summed E-state index contributed by atoms with van der Waals surface area (Å²) in [5, 5.41) is 2.72. The van der Waals surface area contributed by atoms with Gasteiger partial charge in [-0.3, -0.25) is 9.59 Å². The number of aryl methyl sites for hydroxylation is 2. The first-order chi connectivity index (χ1) is 9.40. The second-order valence-electron chi connectivity index (χ2n) is 4.68. The Morgan fingerprint density at radius 1 is 1.10 bits per heavy atom. The third kappa shape index (κ3) is 5.22. The van der Waals surface area contributed by atoms with Crippen LogP contribution in [0.25, 0.3) is 0 Å². The van der Waals surface area contributed by atoms with E-state index in [4.69, 9.17) is 4.74 Å². The highest BCUT2D eigenvalue weighted by molar-refractivity contribution is 5.94. The molecule has 0 aliphatic heterocycles. The van der Waals surface area contributed by atoms with Gasteiger partial charge in [-0.15, -0.1) is 0 Å². The molecular weight excluding hydrogens is 258 g/mol. The van der Waals surface area contributed by atoms with Crippen molar-refractivity contribution in [3.8, 4) is 0 Å². The van der Waals surface area contributed by atoms with Crippen molar-refractivity contribution in [2.24, 2.45) is 0 Å². The molecular formula is C15H19NO4. The number of benzene rings is 1. The molecule has 0 bridgehead atoms. The molecule has 5 nitrogen and oxygen atoms in total. The molecule has 108 valence electrons. The zero-order valence-electron chi connectivity index (χ0n) is 12.0. The zero-order valence-corrected chi connectivity index (χ0v) is 12.0. The number of carbonyl (C=O) groups is 3. The highest BCUT2D eigenvalue weighted by Crippen LogP contribution is 2.19. The number of anilines is 1. The molecule has 0 atom stereocenters. The molecule has 1 aromatic rings. The Bertz CT molecular complexity index is 502.